The lowest BCUT2D eigenvalue weighted by Gasteiger charge is -2.40. The zero-order valence-corrected chi connectivity index (χ0v) is 12.4. The first kappa shape index (κ1) is 12.4. The summed E-state index contributed by atoms with van der Waals surface area (Å²) in [6.45, 7) is 6.80. The molecule has 1 aliphatic heterocycles. The first-order valence-corrected chi connectivity index (χ1v) is 7.45. The fraction of sp³-hybridized carbons (Fsp3) is 0.667. The highest BCUT2D eigenvalue weighted by Gasteiger charge is 2.38. The maximum atomic E-state index is 5.83. The number of piperidine rings is 1. The van der Waals surface area contributed by atoms with E-state index in [-0.39, 0.29) is 0 Å². The maximum Gasteiger partial charge on any atom is 0.0292 e. The molecule has 1 aromatic rings. The quantitative estimate of drug-likeness (QED) is 0.785. The molecule has 2 nitrogen and oxygen atoms in total. The van der Waals surface area contributed by atoms with Crippen LogP contribution in [0.5, 0.6) is 0 Å². The molecule has 0 saturated carbocycles. The van der Waals surface area contributed by atoms with Crippen LogP contribution < -0.4 is 0 Å². The number of aryl methyl sites for hydroxylation is 1. The van der Waals surface area contributed by atoms with Gasteiger partial charge >= 0.3 is 0 Å². The van der Waals surface area contributed by atoms with Crippen LogP contribution >= 0.6 is 12.2 Å². The summed E-state index contributed by atoms with van der Waals surface area (Å²) in [5.74, 6) is 1.37. The third-order valence-electron chi connectivity index (χ3n) is 4.76. The number of hydrogen-bond donors (Lipinski definition) is 1. The number of likely N-dealkylation sites (tertiary alicyclic amines) is 1. The molecule has 1 fully saturated rings. The number of aromatic nitrogens is 1. The first-order valence-electron chi connectivity index (χ1n) is 7.04. The van der Waals surface area contributed by atoms with Gasteiger partial charge in [0, 0.05) is 34.3 Å². The zero-order valence-electron chi connectivity index (χ0n) is 11.5. The van der Waals surface area contributed by atoms with Gasteiger partial charge < -0.3 is 9.88 Å². The van der Waals surface area contributed by atoms with E-state index in [0.29, 0.717) is 5.92 Å². The molecule has 0 spiro atoms. The Morgan fingerprint density at radius 3 is 2.94 bits per heavy atom. The first-order chi connectivity index (χ1) is 8.61. The minimum atomic E-state index is 0.603. The second kappa shape index (κ2) is 4.46. The van der Waals surface area contributed by atoms with E-state index in [0.717, 1.165) is 18.9 Å². The predicted molar refractivity (Wildman–Crippen MR) is 79.4 cm³/mol. The Bertz CT molecular complexity index is 489. The second-order valence-corrected chi connectivity index (χ2v) is 6.36. The molecule has 1 N–H and O–H groups in total. The molecule has 98 valence electrons. The summed E-state index contributed by atoms with van der Waals surface area (Å²) in [6.07, 6.45) is 3.58. The van der Waals surface area contributed by atoms with Crippen LogP contribution in [0, 0.1) is 18.8 Å². The van der Waals surface area contributed by atoms with Gasteiger partial charge in [0.2, 0.25) is 0 Å². The Labute approximate surface area is 115 Å². The van der Waals surface area contributed by atoms with E-state index in [1.807, 2.05) is 0 Å². The van der Waals surface area contributed by atoms with E-state index in [9.17, 15) is 0 Å². The van der Waals surface area contributed by atoms with E-state index in [1.165, 1.54) is 46.8 Å². The molecule has 1 saturated heterocycles. The number of fused-ring (bicyclic) bond motifs is 2. The molecule has 0 bridgehead atoms. The van der Waals surface area contributed by atoms with E-state index >= 15 is 0 Å². The molecule has 0 aromatic carbocycles. The van der Waals surface area contributed by atoms with Gasteiger partial charge in [0.1, 0.15) is 0 Å². The molecule has 2 aliphatic rings. The molecular formula is C15H22N2S. The predicted octanol–water partition coefficient (Wildman–Crippen LogP) is 2.73. The number of rotatable bonds is 1. The smallest absolute Gasteiger partial charge is 0.0292 e. The highest BCUT2D eigenvalue weighted by atomic mass is 32.1. The molecule has 3 heteroatoms. The van der Waals surface area contributed by atoms with Gasteiger partial charge in [0.05, 0.1) is 0 Å². The number of nitrogens with zero attached hydrogens (tertiary/aromatic N) is 1. The molecule has 1 aliphatic carbocycles. The molecule has 1 aromatic heterocycles. The standard InChI is InChI=1S/C15H22N2S/c1-4-11-9(2)16-13-7-10-5-6-17(3)8-12(10)15(18)14(11)13/h10,12,16H,4-8H2,1-3H3/t10-,12+/m0/s1. The number of thiocarbonyl (C=S) groups is 1. The van der Waals surface area contributed by atoms with Crippen LogP contribution in [-0.4, -0.2) is 34.9 Å². The number of aromatic amines is 1. The Hall–Kier alpha value is -0.670. The Morgan fingerprint density at radius 2 is 2.22 bits per heavy atom. The lowest BCUT2D eigenvalue weighted by Crippen LogP contribution is -2.44. The third kappa shape index (κ3) is 1.76. The van der Waals surface area contributed by atoms with E-state index in [4.69, 9.17) is 12.2 Å². The Kier molecular flexibility index (Phi) is 3.07. The van der Waals surface area contributed by atoms with Crippen molar-refractivity contribution in [1.82, 2.24) is 9.88 Å². The summed E-state index contributed by atoms with van der Waals surface area (Å²) in [6, 6.07) is 0. The Balaban J connectivity index is 2.03. The number of nitrogens with one attached hydrogen (secondary N) is 1. The van der Waals surface area contributed by atoms with Crippen molar-refractivity contribution in [2.45, 2.75) is 33.1 Å². The van der Waals surface area contributed by atoms with Crippen molar-refractivity contribution in [3.8, 4) is 0 Å². The monoisotopic (exact) mass is 262 g/mol. The van der Waals surface area contributed by atoms with Gasteiger partial charge in [-0.1, -0.05) is 19.1 Å². The van der Waals surface area contributed by atoms with Crippen LogP contribution in [0.25, 0.3) is 0 Å². The van der Waals surface area contributed by atoms with Gasteiger partial charge in [0.15, 0.2) is 0 Å². The summed E-state index contributed by atoms with van der Waals surface area (Å²) in [5, 5.41) is 0. The van der Waals surface area contributed by atoms with Gasteiger partial charge in [0.25, 0.3) is 0 Å². The summed E-state index contributed by atoms with van der Waals surface area (Å²) in [5.41, 5.74) is 5.61. The van der Waals surface area contributed by atoms with Gasteiger partial charge in [-0.05, 0) is 51.3 Å². The van der Waals surface area contributed by atoms with Crippen molar-refractivity contribution >= 4 is 17.1 Å². The molecule has 3 rings (SSSR count). The van der Waals surface area contributed by atoms with Crippen molar-refractivity contribution < 1.29 is 0 Å². The summed E-state index contributed by atoms with van der Waals surface area (Å²) in [7, 11) is 2.22. The third-order valence-corrected chi connectivity index (χ3v) is 5.26. The molecule has 0 unspecified atom stereocenters. The largest absolute Gasteiger partial charge is 0.362 e. The van der Waals surface area contributed by atoms with Crippen LogP contribution in [0.2, 0.25) is 0 Å². The normalized spacial score (nSPS) is 28.1. The minimum Gasteiger partial charge on any atom is -0.362 e. The zero-order chi connectivity index (χ0) is 12.9. The number of H-pyrrole nitrogens is 1. The molecule has 18 heavy (non-hydrogen) atoms. The van der Waals surface area contributed by atoms with Crippen molar-refractivity contribution in [2.75, 3.05) is 20.1 Å². The highest BCUT2D eigenvalue weighted by Crippen LogP contribution is 2.38. The van der Waals surface area contributed by atoms with E-state index in [1.54, 1.807) is 0 Å². The molecule has 0 radical (unpaired) electrons. The van der Waals surface area contributed by atoms with Crippen molar-refractivity contribution in [1.29, 1.82) is 0 Å². The average molecular weight is 262 g/mol. The number of hydrogen-bond acceptors (Lipinski definition) is 2. The van der Waals surface area contributed by atoms with Gasteiger partial charge in [-0.2, -0.15) is 0 Å². The van der Waals surface area contributed by atoms with Crippen LogP contribution in [0.4, 0.5) is 0 Å². The van der Waals surface area contributed by atoms with Crippen LogP contribution in [-0.2, 0) is 12.8 Å². The summed E-state index contributed by atoms with van der Waals surface area (Å²) in [4.78, 5) is 7.25. The average Bonchev–Trinajstić information content (AvgIpc) is 2.66. The minimum absolute atomic E-state index is 0.603. The molecule has 2 atom stereocenters. The lowest BCUT2D eigenvalue weighted by atomic mass is 9.73. The fourth-order valence-corrected chi connectivity index (χ4v) is 4.29. The van der Waals surface area contributed by atoms with Crippen molar-refractivity contribution in [2.24, 2.45) is 11.8 Å². The van der Waals surface area contributed by atoms with Crippen molar-refractivity contribution in [3.63, 3.8) is 0 Å². The van der Waals surface area contributed by atoms with Gasteiger partial charge in [-0.3, -0.25) is 0 Å². The van der Waals surface area contributed by atoms with Crippen LogP contribution in [0.1, 0.15) is 35.9 Å². The molecular weight excluding hydrogens is 240 g/mol. The van der Waals surface area contributed by atoms with Crippen molar-refractivity contribution in [3.05, 3.63) is 22.5 Å². The topological polar surface area (TPSA) is 19.0 Å². The van der Waals surface area contributed by atoms with E-state index in [2.05, 4.69) is 30.8 Å². The van der Waals surface area contributed by atoms with Gasteiger partial charge in [-0.25, -0.2) is 0 Å². The molecule has 2 heterocycles. The maximum absolute atomic E-state index is 5.83. The second-order valence-electron chi connectivity index (χ2n) is 5.92. The SMILES string of the molecule is CCc1c(C)[nH]c2c1C(=S)[C@@H]1CN(C)CC[C@H]1C2. The van der Waals surface area contributed by atoms with E-state index < -0.39 is 0 Å². The summed E-state index contributed by atoms with van der Waals surface area (Å²) < 4.78 is 0. The lowest BCUT2D eigenvalue weighted by molar-refractivity contribution is 0.180. The van der Waals surface area contributed by atoms with Gasteiger partial charge in [-0.15, -0.1) is 0 Å². The fourth-order valence-electron chi connectivity index (χ4n) is 3.78. The Morgan fingerprint density at radius 1 is 1.44 bits per heavy atom. The van der Waals surface area contributed by atoms with Crippen LogP contribution in [0.15, 0.2) is 0 Å². The summed E-state index contributed by atoms with van der Waals surface area (Å²) >= 11 is 5.83. The van der Waals surface area contributed by atoms with Crippen LogP contribution in [0.3, 0.4) is 0 Å². The molecule has 0 amide bonds. The highest BCUT2D eigenvalue weighted by molar-refractivity contribution is 7.80.